The summed E-state index contributed by atoms with van der Waals surface area (Å²) in [5.74, 6) is 6.53. The summed E-state index contributed by atoms with van der Waals surface area (Å²) in [7, 11) is 0. The third-order valence-corrected chi connectivity index (χ3v) is 4.33. The highest BCUT2D eigenvalue weighted by Gasteiger charge is 2.05. The van der Waals surface area contributed by atoms with Crippen molar-refractivity contribution in [1.82, 2.24) is 10.3 Å². The third kappa shape index (κ3) is 3.78. The Morgan fingerprint density at radius 2 is 1.85 bits per heavy atom. The third-order valence-electron chi connectivity index (χ3n) is 4.33. The van der Waals surface area contributed by atoms with E-state index in [0.29, 0.717) is 5.56 Å². The standard InChI is InChI=1S/C23H18N2O2/c26-23(19-11-10-18-12-14-24-21(18)16-19)25-13-3-4-15-27-22-9-5-7-17-6-1-2-8-20(17)22/h1-2,5-12,14,16,24H,13,15H2,(H,25,26). The molecule has 0 saturated carbocycles. The Morgan fingerprint density at radius 3 is 2.81 bits per heavy atom. The number of hydrogen-bond acceptors (Lipinski definition) is 2. The quantitative estimate of drug-likeness (QED) is 0.541. The molecule has 0 spiro atoms. The van der Waals surface area contributed by atoms with Crippen LogP contribution in [0.25, 0.3) is 21.7 Å². The zero-order valence-corrected chi connectivity index (χ0v) is 14.7. The van der Waals surface area contributed by atoms with Crippen molar-refractivity contribution in [2.75, 3.05) is 13.2 Å². The minimum Gasteiger partial charge on any atom is -0.480 e. The van der Waals surface area contributed by atoms with Crippen LogP contribution in [-0.4, -0.2) is 24.0 Å². The van der Waals surface area contributed by atoms with Crippen LogP contribution < -0.4 is 10.1 Å². The van der Waals surface area contributed by atoms with E-state index in [1.807, 2.05) is 72.9 Å². The van der Waals surface area contributed by atoms with Gasteiger partial charge in [-0.1, -0.05) is 54.3 Å². The minimum atomic E-state index is -0.143. The summed E-state index contributed by atoms with van der Waals surface area (Å²) in [6, 6.07) is 21.5. The molecule has 0 bridgehead atoms. The second-order valence-electron chi connectivity index (χ2n) is 6.08. The van der Waals surface area contributed by atoms with E-state index in [2.05, 4.69) is 22.1 Å². The summed E-state index contributed by atoms with van der Waals surface area (Å²) >= 11 is 0. The zero-order valence-electron chi connectivity index (χ0n) is 14.7. The monoisotopic (exact) mass is 354 g/mol. The van der Waals surface area contributed by atoms with Crippen molar-refractivity contribution in [2.24, 2.45) is 0 Å². The van der Waals surface area contributed by atoms with Crippen LogP contribution in [0.3, 0.4) is 0 Å². The van der Waals surface area contributed by atoms with Crippen molar-refractivity contribution >= 4 is 27.6 Å². The number of fused-ring (bicyclic) bond motifs is 2. The largest absolute Gasteiger partial charge is 0.480 e. The van der Waals surface area contributed by atoms with Gasteiger partial charge in [-0.25, -0.2) is 0 Å². The first-order valence-corrected chi connectivity index (χ1v) is 8.73. The van der Waals surface area contributed by atoms with Crippen LogP contribution in [0.1, 0.15) is 10.4 Å². The molecule has 1 heterocycles. The Balaban J connectivity index is 1.31. The average molecular weight is 354 g/mol. The van der Waals surface area contributed by atoms with Crippen molar-refractivity contribution in [3.05, 3.63) is 78.5 Å². The summed E-state index contributed by atoms with van der Waals surface area (Å²) in [6.07, 6.45) is 1.85. The van der Waals surface area contributed by atoms with E-state index in [0.717, 1.165) is 27.4 Å². The first-order valence-electron chi connectivity index (χ1n) is 8.73. The van der Waals surface area contributed by atoms with Crippen LogP contribution in [0.15, 0.2) is 72.9 Å². The number of carbonyl (C=O) groups is 1. The van der Waals surface area contributed by atoms with Crippen molar-refractivity contribution in [3.63, 3.8) is 0 Å². The fourth-order valence-corrected chi connectivity index (χ4v) is 2.96. The molecule has 0 aliphatic carbocycles. The van der Waals surface area contributed by atoms with Gasteiger partial charge in [0.25, 0.3) is 5.91 Å². The van der Waals surface area contributed by atoms with Gasteiger partial charge in [-0.15, -0.1) is 0 Å². The fraction of sp³-hybridized carbons (Fsp3) is 0.0870. The normalized spacial score (nSPS) is 10.4. The van der Waals surface area contributed by atoms with Gasteiger partial charge < -0.3 is 15.0 Å². The smallest absolute Gasteiger partial charge is 0.252 e. The van der Waals surface area contributed by atoms with Gasteiger partial charge in [0.1, 0.15) is 12.4 Å². The van der Waals surface area contributed by atoms with E-state index in [4.69, 9.17) is 4.74 Å². The molecule has 0 fully saturated rings. The summed E-state index contributed by atoms with van der Waals surface area (Å²) in [6.45, 7) is 0.554. The van der Waals surface area contributed by atoms with Crippen molar-refractivity contribution in [3.8, 4) is 17.6 Å². The molecule has 0 saturated heterocycles. The molecule has 132 valence electrons. The molecule has 0 aliphatic rings. The number of ether oxygens (including phenoxy) is 1. The van der Waals surface area contributed by atoms with E-state index in [1.54, 1.807) is 0 Å². The van der Waals surface area contributed by atoms with Gasteiger partial charge in [0.2, 0.25) is 0 Å². The first kappa shape index (κ1) is 16.7. The Morgan fingerprint density at radius 1 is 0.963 bits per heavy atom. The second-order valence-corrected chi connectivity index (χ2v) is 6.08. The highest BCUT2D eigenvalue weighted by molar-refractivity contribution is 5.98. The maximum Gasteiger partial charge on any atom is 0.252 e. The molecule has 1 amide bonds. The van der Waals surface area contributed by atoms with Gasteiger partial charge in [-0.05, 0) is 35.0 Å². The molecule has 0 atom stereocenters. The lowest BCUT2D eigenvalue weighted by Gasteiger charge is -2.06. The van der Waals surface area contributed by atoms with Gasteiger partial charge in [0.05, 0.1) is 6.54 Å². The van der Waals surface area contributed by atoms with Crippen LogP contribution in [0.5, 0.6) is 5.75 Å². The molecule has 4 rings (SSSR count). The maximum atomic E-state index is 12.2. The molecule has 2 N–H and O–H groups in total. The number of nitrogens with one attached hydrogen (secondary N) is 2. The number of benzene rings is 3. The molecule has 4 heteroatoms. The number of H-pyrrole nitrogens is 1. The van der Waals surface area contributed by atoms with Crippen molar-refractivity contribution < 1.29 is 9.53 Å². The van der Waals surface area contributed by atoms with E-state index in [9.17, 15) is 4.79 Å². The Labute approximate surface area is 157 Å². The summed E-state index contributed by atoms with van der Waals surface area (Å²) < 4.78 is 5.76. The van der Waals surface area contributed by atoms with Gasteiger partial charge >= 0.3 is 0 Å². The molecule has 4 aromatic rings. The van der Waals surface area contributed by atoms with Crippen LogP contribution in [-0.2, 0) is 0 Å². The number of aromatic amines is 1. The minimum absolute atomic E-state index is 0.143. The van der Waals surface area contributed by atoms with Gasteiger partial charge in [-0.3, -0.25) is 4.79 Å². The van der Waals surface area contributed by atoms with Crippen LogP contribution in [0, 0.1) is 11.8 Å². The molecule has 4 nitrogen and oxygen atoms in total. The average Bonchev–Trinajstić information content (AvgIpc) is 3.18. The number of amides is 1. The lowest BCUT2D eigenvalue weighted by atomic mass is 10.1. The number of carbonyl (C=O) groups excluding carboxylic acids is 1. The molecule has 3 aromatic carbocycles. The maximum absolute atomic E-state index is 12.2. The molecule has 0 aliphatic heterocycles. The molecular formula is C23H18N2O2. The fourth-order valence-electron chi connectivity index (χ4n) is 2.96. The van der Waals surface area contributed by atoms with Crippen LogP contribution >= 0.6 is 0 Å². The summed E-state index contributed by atoms with van der Waals surface area (Å²) in [5, 5.41) is 6.08. The SMILES string of the molecule is O=C(NCC#CCOc1cccc2ccccc12)c1ccc2cc[nH]c2c1. The zero-order chi connectivity index (χ0) is 18.5. The molecule has 0 unspecified atom stereocenters. The van der Waals surface area contributed by atoms with Gasteiger partial charge in [0, 0.05) is 22.7 Å². The van der Waals surface area contributed by atoms with Gasteiger partial charge in [-0.2, -0.15) is 0 Å². The van der Waals surface area contributed by atoms with Crippen molar-refractivity contribution in [1.29, 1.82) is 0 Å². The Kier molecular flexibility index (Phi) is 4.76. The van der Waals surface area contributed by atoms with Crippen LogP contribution in [0.4, 0.5) is 0 Å². The predicted octanol–water partition coefficient (Wildman–Crippen LogP) is 4.13. The lowest BCUT2D eigenvalue weighted by molar-refractivity contribution is 0.0959. The Bertz CT molecular complexity index is 1160. The van der Waals surface area contributed by atoms with Gasteiger partial charge in [0.15, 0.2) is 0 Å². The molecule has 27 heavy (non-hydrogen) atoms. The number of hydrogen-bond donors (Lipinski definition) is 2. The number of rotatable bonds is 4. The van der Waals surface area contributed by atoms with E-state index in [-0.39, 0.29) is 19.1 Å². The molecule has 0 radical (unpaired) electrons. The molecule has 1 aromatic heterocycles. The first-order chi connectivity index (χ1) is 13.3. The van der Waals surface area contributed by atoms with Crippen LogP contribution in [0.2, 0.25) is 0 Å². The number of aromatic nitrogens is 1. The highest BCUT2D eigenvalue weighted by atomic mass is 16.5. The van der Waals surface area contributed by atoms with E-state index >= 15 is 0 Å². The summed E-state index contributed by atoms with van der Waals surface area (Å²) in [5.41, 5.74) is 1.55. The second kappa shape index (κ2) is 7.67. The molecular weight excluding hydrogens is 336 g/mol. The highest BCUT2D eigenvalue weighted by Crippen LogP contribution is 2.24. The summed E-state index contributed by atoms with van der Waals surface area (Å²) in [4.78, 5) is 15.3. The topological polar surface area (TPSA) is 54.1 Å². The predicted molar refractivity (Wildman–Crippen MR) is 108 cm³/mol. The van der Waals surface area contributed by atoms with E-state index < -0.39 is 0 Å². The van der Waals surface area contributed by atoms with E-state index in [1.165, 1.54) is 0 Å². The van der Waals surface area contributed by atoms with Crippen molar-refractivity contribution in [2.45, 2.75) is 0 Å². The lowest BCUT2D eigenvalue weighted by Crippen LogP contribution is -2.23. The Hall–Kier alpha value is -3.71.